The van der Waals surface area contributed by atoms with Crippen molar-refractivity contribution in [2.24, 2.45) is 4.99 Å². The fourth-order valence-electron chi connectivity index (χ4n) is 1.03. The number of methoxy groups -OCH3 is 1. The zero-order valence-electron chi connectivity index (χ0n) is 7.82. The zero-order valence-corrected chi connectivity index (χ0v) is 7.82. The molecule has 0 atom stereocenters. The Balaban J connectivity index is 3.05. The average molecular weight is 176 g/mol. The summed E-state index contributed by atoms with van der Waals surface area (Å²) in [4.78, 5) is 7.74. The summed E-state index contributed by atoms with van der Waals surface area (Å²) in [6.45, 7) is 5.30. The van der Waals surface area contributed by atoms with Gasteiger partial charge in [0, 0.05) is 17.5 Å². The molecule has 68 valence electrons. The normalized spacial score (nSPS) is 11.1. The van der Waals surface area contributed by atoms with Gasteiger partial charge in [-0.15, -0.1) is 0 Å². The summed E-state index contributed by atoms with van der Waals surface area (Å²) >= 11 is 0. The Labute approximate surface area is 77.8 Å². The quantitative estimate of drug-likeness (QED) is 0.521. The van der Waals surface area contributed by atoms with Crippen molar-refractivity contribution in [3.8, 4) is 0 Å². The number of ether oxygens (including phenoxy) is 1. The topological polar surface area (TPSA) is 34.5 Å². The van der Waals surface area contributed by atoms with Gasteiger partial charge in [-0.3, -0.25) is 9.98 Å². The number of aliphatic imine (C=N–C) groups is 1. The number of hydrogen-bond acceptors (Lipinski definition) is 3. The third kappa shape index (κ3) is 2.40. The van der Waals surface area contributed by atoms with Gasteiger partial charge in [0.15, 0.2) is 0 Å². The smallest absolute Gasteiger partial charge is 0.144 e. The first-order chi connectivity index (χ1) is 6.27. The van der Waals surface area contributed by atoms with E-state index >= 15 is 0 Å². The summed E-state index contributed by atoms with van der Waals surface area (Å²) < 4.78 is 5.13. The third-order valence-electron chi connectivity index (χ3n) is 1.61. The Kier molecular flexibility index (Phi) is 3.20. The van der Waals surface area contributed by atoms with E-state index in [-0.39, 0.29) is 0 Å². The molecule has 0 saturated carbocycles. The van der Waals surface area contributed by atoms with Gasteiger partial charge in [-0.1, -0.05) is 0 Å². The van der Waals surface area contributed by atoms with Crippen LogP contribution in [-0.4, -0.2) is 18.8 Å². The van der Waals surface area contributed by atoms with Crippen LogP contribution in [0.25, 0.3) is 5.76 Å². The molecule has 0 aliphatic rings. The van der Waals surface area contributed by atoms with Crippen molar-refractivity contribution in [1.29, 1.82) is 0 Å². The molecule has 0 aliphatic heterocycles. The molecule has 0 fully saturated rings. The van der Waals surface area contributed by atoms with Gasteiger partial charge in [-0.05, 0) is 25.8 Å². The fourth-order valence-corrected chi connectivity index (χ4v) is 1.03. The minimum atomic E-state index is 0.695. The maximum Gasteiger partial charge on any atom is 0.144 e. The molecule has 3 heteroatoms. The van der Waals surface area contributed by atoms with Crippen molar-refractivity contribution < 1.29 is 4.74 Å². The van der Waals surface area contributed by atoms with Gasteiger partial charge in [-0.25, -0.2) is 0 Å². The zero-order chi connectivity index (χ0) is 9.68. The molecule has 0 spiro atoms. The molecule has 1 heterocycles. The second kappa shape index (κ2) is 4.40. The lowest BCUT2D eigenvalue weighted by Gasteiger charge is -2.04. The van der Waals surface area contributed by atoms with Crippen LogP contribution >= 0.6 is 0 Å². The number of rotatable bonds is 3. The second-order valence-corrected chi connectivity index (χ2v) is 2.57. The van der Waals surface area contributed by atoms with Crippen LogP contribution < -0.4 is 0 Å². The standard InChI is InChI=1S/C10H12N2O/c1-8-6-9(4-5-12-8)10(13-3)7-11-2/h4-7H,2H2,1,3H3. The largest absolute Gasteiger partial charge is 0.495 e. The molecule has 1 aromatic heterocycles. The fraction of sp³-hybridized carbons (Fsp3) is 0.200. The summed E-state index contributed by atoms with van der Waals surface area (Å²) in [5.41, 5.74) is 1.91. The number of nitrogens with zero attached hydrogens (tertiary/aromatic N) is 2. The highest BCUT2D eigenvalue weighted by Crippen LogP contribution is 2.14. The van der Waals surface area contributed by atoms with E-state index in [2.05, 4.69) is 16.7 Å². The summed E-state index contributed by atoms with van der Waals surface area (Å²) in [6, 6.07) is 3.80. The predicted octanol–water partition coefficient (Wildman–Crippen LogP) is 2.04. The summed E-state index contributed by atoms with van der Waals surface area (Å²) in [7, 11) is 1.60. The molecule has 0 N–H and O–H groups in total. The second-order valence-electron chi connectivity index (χ2n) is 2.57. The number of aryl methyl sites for hydroxylation is 1. The molecular weight excluding hydrogens is 164 g/mol. The highest BCUT2D eigenvalue weighted by Gasteiger charge is 2.00. The molecule has 1 aromatic rings. The molecule has 13 heavy (non-hydrogen) atoms. The highest BCUT2D eigenvalue weighted by atomic mass is 16.5. The van der Waals surface area contributed by atoms with Crippen molar-refractivity contribution in [3.05, 3.63) is 35.8 Å². The molecule has 0 radical (unpaired) electrons. The van der Waals surface area contributed by atoms with Crippen molar-refractivity contribution in [1.82, 2.24) is 4.98 Å². The minimum Gasteiger partial charge on any atom is -0.495 e. The summed E-state index contributed by atoms with van der Waals surface area (Å²) in [5.74, 6) is 0.695. The van der Waals surface area contributed by atoms with Crippen LogP contribution in [0.2, 0.25) is 0 Å². The number of pyridine rings is 1. The van der Waals surface area contributed by atoms with Crippen LogP contribution in [0.5, 0.6) is 0 Å². The van der Waals surface area contributed by atoms with Gasteiger partial charge in [0.25, 0.3) is 0 Å². The summed E-state index contributed by atoms with van der Waals surface area (Å²) in [5, 5.41) is 0. The van der Waals surface area contributed by atoms with Crippen LogP contribution in [0, 0.1) is 6.92 Å². The van der Waals surface area contributed by atoms with E-state index in [0.29, 0.717) is 5.76 Å². The van der Waals surface area contributed by atoms with Crippen LogP contribution in [0.4, 0.5) is 0 Å². The van der Waals surface area contributed by atoms with E-state index in [4.69, 9.17) is 4.74 Å². The molecule has 1 rings (SSSR count). The van der Waals surface area contributed by atoms with Crippen LogP contribution in [-0.2, 0) is 4.74 Å². The van der Waals surface area contributed by atoms with Gasteiger partial charge in [0.05, 0.1) is 13.3 Å². The van der Waals surface area contributed by atoms with Crippen LogP contribution in [0.1, 0.15) is 11.3 Å². The average Bonchev–Trinajstić information content (AvgIpc) is 2.14. The van der Waals surface area contributed by atoms with Crippen molar-refractivity contribution in [2.45, 2.75) is 6.92 Å². The minimum absolute atomic E-state index is 0.695. The maximum absolute atomic E-state index is 5.13. The van der Waals surface area contributed by atoms with E-state index in [1.54, 1.807) is 19.5 Å². The Bertz CT molecular complexity index is 331. The molecule has 0 aliphatic carbocycles. The maximum atomic E-state index is 5.13. The first-order valence-corrected chi connectivity index (χ1v) is 3.91. The molecule has 0 unspecified atom stereocenters. The molecule has 0 aromatic carbocycles. The van der Waals surface area contributed by atoms with Gasteiger partial charge in [0.2, 0.25) is 0 Å². The van der Waals surface area contributed by atoms with Crippen molar-refractivity contribution in [2.75, 3.05) is 7.11 Å². The van der Waals surface area contributed by atoms with E-state index < -0.39 is 0 Å². The van der Waals surface area contributed by atoms with E-state index in [1.807, 2.05) is 19.1 Å². The Morgan fingerprint density at radius 2 is 2.46 bits per heavy atom. The number of hydrogen-bond donors (Lipinski definition) is 0. The van der Waals surface area contributed by atoms with Gasteiger partial charge in [-0.2, -0.15) is 0 Å². The van der Waals surface area contributed by atoms with Crippen LogP contribution in [0.3, 0.4) is 0 Å². The molecule has 3 nitrogen and oxygen atoms in total. The van der Waals surface area contributed by atoms with Gasteiger partial charge < -0.3 is 4.74 Å². The first kappa shape index (κ1) is 9.45. The lowest BCUT2D eigenvalue weighted by atomic mass is 10.2. The highest BCUT2D eigenvalue weighted by molar-refractivity contribution is 5.60. The van der Waals surface area contributed by atoms with Crippen molar-refractivity contribution in [3.63, 3.8) is 0 Å². The Hall–Kier alpha value is -1.64. The molecule has 0 saturated heterocycles. The Morgan fingerprint density at radius 3 is 3.00 bits per heavy atom. The Morgan fingerprint density at radius 1 is 1.69 bits per heavy atom. The van der Waals surface area contributed by atoms with Crippen molar-refractivity contribution >= 4 is 12.5 Å². The number of aromatic nitrogens is 1. The molecule has 0 bridgehead atoms. The van der Waals surface area contributed by atoms with E-state index in [1.165, 1.54) is 0 Å². The van der Waals surface area contributed by atoms with E-state index in [9.17, 15) is 0 Å². The van der Waals surface area contributed by atoms with E-state index in [0.717, 1.165) is 11.3 Å². The lowest BCUT2D eigenvalue weighted by molar-refractivity contribution is 0.369. The third-order valence-corrected chi connectivity index (χ3v) is 1.61. The monoisotopic (exact) mass is 176 g/mol. The summed E-state index contributed by atoms with van der Waals surface area (Å²) in [6.07, 6.45) is 3.31. The lowest BCUT2D eigenvalue weighted by Crippen LogP contribution is -1.89. The van der Waals surface area contributed by atoms with Crippen LogP contribution in [0.15, 0.2) is 29.5 Å². The first-order valence-electron chi connectivity index (χ1n) is 3.91. The predicted molar refractivity (Wildman–Crippen MR) is 53.5 cm³/mol. The van der Waals surface area contributed by atoms with Gasteiger partial charge in [0.1, 0.15) is 5.76 Å². The molecular formula is C10H12N2O. The molecule has 0 amide bonds. The van der Waals surface area contributed by atoms with Gasteiger partial charge >= 0.3 is 0 Å². The SMILES string of the molecule is C=NC=C(OC)c1ccnc(C)c1.